The number of nitrogens with one attached hydrogen (secondary N) is 1. The summed E-state index contributed by atoms with van der Waals surface area (Å²) in [5.41, 5.74) is 0.779. The lowest BCUT2D eigenvalue weighted by Gasteiger charge is -2.15. The summed E-state index contributed by atoms with van der Waals surface area (Å²) in [5, 5.41) is 22.6. The molecule has 0 heterocycles. The van der Waals surface area contributed by atoms with E-state index in [1.807, 2.05) is 13.8 Å². The van der Waals surface area contributed by atoms with E-state index in [2.05, 4.69) is 5.32 Å². The van der Waals surface area contributed by atoms with Crippen molar-refractivity contribution in [2.24, 2.45) is 0 Å². The van der Waals surface area contributed by atoms with Crippen LogP contribution in [0.25, 0.3) is 0 Å². The Bertz CT molecular complexity index is 367. The highest BCUT2D eigenvalue weighted by Crippen LogP contribution is 2.18. The van der Waals surface area contributed by atoms with E-state index >= 15 is 0 Å². The molecule has 3 N–H and O–H groups in total. The van der Waals surface area contributed by atoms with Gasteiger partial charge < -0.3 is 25.0 Å². The molecule has 5 nitrogen and oxygen atoms in total. The van der Waals surface area contributed by atoms with Gasteiger partial charge in [0.25, 0.3) is 0 Å². The van der Waals surface area contributed by atoms with Crippen molar-refractivity contribution in [3.8, 4) is 5.75 Å². The topological polar surface area (TPSA) is 71.0 Å². The minimum Gasteiger partial charge on any atom is -0.491 e. The fourth-order valence-corrected chi connectivity index (χ4v) is 1.66. The summed E-state index contributed by atoms with van der Waals surface area (Å²) >= 11 is 0. The molecule has 0 bridgehead atoms. The number of hydrogen-bond acceptors (Lipinski definition) is 5. The van der Waals surface area contributed by atoms with Crippen LogP contribution in [0.3, 0.4) is 0 Å². The molecular formula is C15H25NO4. The van der Waals surface area contributed by atoms with Gasteiger partial charge in [-0.05, 0) is 17.7 Å². The third kappa shape index (κ3) is 6.34. The largest absolute Gasteiger partial charge is 0.491 e. The predicted molar refractivity (Wildman–Crippen MR) is 77.9 cm³/mol. The molecule has 0 aliphatic carbocycles. The zero-order valence-corrected chi connectivity index (χ0v) is 12.4. The Morgan fingerprint density at radius 1 is 1.10 bits per heavy atom. The number of ether oxygens (including phenoxy) is 2. The maximum atomic E-state index is 9.74. The normalized spacial score (nSPS) is 14.3. The Kier molecular flexibility index (Phi) is 7.54. The summed E-state index contributed by atoms with van der Waals surface area (Å²) in [7, 11) is 1.55. The molecular weight excluding hydrogens is 258 g/mol. The minimum absolute atomic E-state index is 0.236. The van der Waals surface area contributed by atoms with Crippen LogP contribution >= 0.6 is 0 Å². The predicted octanol–water partition coefficient (Wildman–Crippen LogP) is 1.10. The summed E-state index contributed by atoms with van der Waals surface area (Å²) in [6.45, 7) is 5.05. The van der Waals surface area contributed by atoms with Crippen LogP contribution in [0.5, 0.6) is 5.75 Å². The lowest BCUT2D eigenvalue weighted by Crippen LogP contribution is -2.35. The van der Waals surface area contributed by atoms with Crippen LogP contribution < -0.4 is 10.1 Å². The first-order valence-corrected chi connectivity index (χ1v) is 6.84. The van der Waals surface area contributed by atoms with Crippen molar-refractivity contribution in [3.63, 3.8) is 0 Å². The van der Waals surface area contributed by atoms with Crippen molar-refractivity contribution in [1.82, 2.24) is 5.32 Å². The zero-order valence-electron chi connectivity index (χ0n) is 12.4. The van der Waals surface area contributed by atoms with Gasteiger partial charge >= 0.3 is 0 Å². The van der Waals surface area contributed by atoms with Crippen molar-refractivity contribution in [1.29, 1.82) is 0 Å². The van der Waals surface area contributed by atoms with Gasteiger partial charge in [-0.15, -0.1) is 0 Å². The van der Waals surface area contributed by atoms with Crippen LogP contribution in [0.2, 0.25) is 0 Å². The number of aliphatic hydroxyl groups is 2. The third-order valence-corrected chi connectivity index (χ3v) is 2.79. The van der Waals surface area contributed by atoms with E-state index in [0.29, 0.717) is 18.3 Å². The molecule has 1 unspecified atom stereocenters. The molecule has 0 amide bonds. The molecule has 0 aliphatic heterocycles. The van der Waals surface area contributed by atoms with E-state index in [-0.39, 0.29) is 13.2 Å². The molecule has 0 fully saturated rings. The highest BCUT2D eigenvalue weighted by molar-refractivity contribution is 5.28. The van der Waals surface area contributed by atoms with Gasteiger partial charge in [-0.2, -0.15) is 0 Å². The summed E-state index contributed by atoms with van der Waals surface area (Å²) in [6.07, 6.45) is -1.17. The molecule has 0 spiro atoms. The van der Waals surface area contributed by atoms with E-state index in [1.165, 1.54) is 0 Å². The van der Waals surface area contributed by atoms with E-state index in [0.717, 1.165) is 5.56 Å². The SMILES string of the molecule is COCC(O)c1ccc(OC[C@H](O)CNC(C)C)cc1. The maximum absolute atomic E-state index is 9.74. The van der Waals surface area contributed by atoms with E-state index < -0.39 is 12.2 Å². The molecule has 0 saturated heterocycles. The minimum atomic E-state index is -0.630. The van der Waals surface area contributed by atoms with Crippen molar-refractivity contribution < 1.29 is 19.7 Å². The van der Waals surface area contributed by atoms with E-state index in [4.69, 9.17) is 9.47 Å². The van der Waals surface area contributed by atoms with Gasteiger partial charge in [-0.3, -0.25) is 0 Å². The second kappa shape index (κ2) is 8.92. The van der Waals surface area contributed by atoms with Gasteiger partial charge in [0.05, 0.1) is 6.61 Å². The lowest BCUT2D eigenvalue weighted by atomic mass is 10.1. The van der Waals surface area contributed by atoms with Gasteiger partial charge in [-0.1, -0.05) is 26.0 Å². The van der Waals surface area contributed by atoms with Crippen molar-refractivity contribution in [2.45, 2.75) is 32.1 Å². The van der Waals surface area contributed by atoms with Gasteiger partial charge in [0.15, 0.2) is 0 Å². The quantitative estimate of drug-likeness (QED) is 0.633. The van der Waals surface area contributed by atoms with Crippen LogP contribution in [-0.4, -0.2) is 49.2 Å². The van der Waals surface area contributed by atoms with Gasteiger partial charge in [0, 0.05) is 19.7 Å². The van der Waals surface area contributed by atoms with Crippen LogP contribution in [0.15, 0.2) is 24.3 Å². The average Bonchev–Trinajstić information content (AvgIpc) is 2.43. The van der Waals surface area contributed by atoms with E-state index in [9.17, 15) is 10.2 Å². The Balaban J connectivity index is 2.37. The number of aliphatic hydroxyl groups excluding tert-OH is 2. The van der Waals surface area contributed by atoms with E-state index in [1.54, 1.807) is 31.4 Å². The first-order valence-electron chi connectivity index (χ1n) is 6.84. The van der Waals surface area contributed by atoms with Crippen molar-refractivity contribution in [3.05, 3.63) is 29.8 Å². The molecule has 0 aliphatic rings. The molecule has 0 radical (unpaired) electrons. The fraction of sp³-hybridized carbons (Fsp3) is 0.600. The van der Waals surface area contributed by atoms with Crippen molar-refractivity contribution in [2.75, 3.05) is 26.9 Å². The Hall–Kier alpha value is -1.14. The maximum Gasteiger partial charge on any atom is 0.119 e. The zero-order chi connectivity index (χ0) is 15.0. The first kappa shape index (κ1) is 16.9. The standard InChI is InChI=1S/C15H25NO4/c1-11(2)16-8-13(17)9-20-14-6-4-12(5-7-14)15(18)10-19-3/h4-7,11,13,15-18H,8-10H2,1-3H3/t13-,15?/m1/s1. The average molecular weight is 283 g/mol. The van der Waals surface area contributed by atoms with Crippen LogP contribution in [-0.2, 0) is 4.74 Å². The number of methoxy groups -OCH3 is 1. The molecule has 0 aromatic heterocycles. The van der Waals surface area contributed by atoms with Gasteiger partial charge in [0.2, 0.25) is 0 Å². The summed E-state index contributed by atoms with van der Waals surface area (Å²) in [5.74, 6) is 0.668. The molecule has 0 saturated carbocycles. The Morgan fingerprint density at radius 2 is 1.75 bits per heavy atom. The molecule has 2 atom stereocenters. The molecule has 1 aromatic carbocycles. The molecule has 1 aromatic rings. The van der Waals surface area contributed by atoms with Crippen LogP contribution in [0.4, 0.5) is 0 Å². The molecule has 114 valence electrons. The monoisotopic (exact) mass is 283 g/mol. The summed E-state index contributed by atoms with van der Waals surface area (Å²) < 4.78 is 10.4. The lowest BCUT2D eigenvalue weighted by molar-refractivity contribution is 0.0643. The highest BCUT2D eigenvalue weighted by atomic mass is 16.5. The molecule has 20 heavy (non-hydrogen) atoms. The van der Waals surface area contributed by atoms with Crippen LogP contribution in [0, 0.1) is 0 Å². The second-order valence-electron chi connectivity index (χ2n) is 5.07. The molecule has 5 heteroatoms. The van der Waals surface area contributed by atoms with Gasteiger partial charge in [-0.25, -0.2) is 0 Å². The smallest absolute Gasteiger partial charge is 0.119 e. The highest BCUT2D eigenvalue weighted by Gasteiger charge is 2.08. The Morgan fingerprint density at radius 3 is 2.30 bits per heavy atom. The van der Waals surface area contributed by atoms with Crippen molar-refractivity contribution >= 4 is 0 Å². The second-order valence-corrected chi connectivity index (χ2v) is 5.07. The summed E-state index contributed by atoms with van der Waals surface area (Å²) in [6, 6.07) is 7.47. The third-order valence-electron chi connectivity index (χ3n) is 2.79. The fourth-order valence-electron chi connectivity index (χ4n) is 1.66. The molecule has 1 rings (SSSR count). The number of rotatable bonds is 9. The van der Waals surface area contributed by atoms with Gasteiger partial charge in [0.1, 0.15) is 24.6 Å². The Labute approximate surface area is 120 Å². The number of benzene rings is 1. The first-order chi connectivity index (χ1) is 9.52. The summed E-state index contributed by atoms with van der Waals surface area (Å²) in [4.78, 5) is 0. The number of hydrogen-bond donors (Lipinski definition) is 3. The van der Waals surface area contributed by atoms with Crippen LogP contribution in [0.1, 0.15) is 25.5 Å².